The van der Waals surface area contributed by atoms with E-state index in [1.807, 2.05) is 0 Å². The number of rotatable bonds is 9. The summed E-state index contributed by atoms with van der Waals surface area (Å²) in [6.07, 6.45) is 3.08. The Hall–Kier alpha value is -2.54. The lowest BCUT2D eigenvalue weighted by Crippen LogP contribution is -2.36. The van der Waals surface area contributed by atoms with E-state index < -0.39 is 10.0 Å². The Kier molecular flexibility index (Phi) is 8.14. The van der Waals surface area contributed by atoms with Gasteiger partial charge in [-0.1, -0.05) is 60.7 Å². The van der Waals surface area contributed by atoms with Crippen LogP contribution in [0.1, 0.15) is 42.2 Å². The average Bonchev–Trinajstić information content (AvgIpc) is 2.88. The lowest BCUT2D eigenvalue weighted by Gasteiger charge is -2.33. The molecule has 1 saturated heterocycles. The van der Waals surface area contributed by atoms with Gasteiger partial charge in [-0.15, -0.1) is 0 Å². The van der Waals surface area contributed by atoms with Gasteiger partial charge >= 0.3 is 0 Å². The van der Waals surface area contributed by atoms with Crippen molar-refractivity contribution < 1.29 is 12.8 Å². The zero-order valence-electron chi connectivity index (χ0n) is 19.7. The minimum atomic E-state index is -3.59. The smallest absolute Gasteiger partial charge is 0.242 e. The van der Waals surface area contributed by atoms with Crippen molar-refractivity contribution in [2.24, 2.45) is 0 Å². The minimum Gasteiger partial charge on any atom is -0.303 e. The number of likely N-dealkylation sites (N-methyl/N-ethyl adjacent to an activating group) is 1. The largest absolute Gasteiger partial charge is 0.303 e. The monoisotopic (exact) mass is 480 g/mol. The summed E-state index contributed by atoms with van der Waals surface area (Å²) >= 11 is 0. The highest BCUT2D eigenvalue weighted by Crippen LogP contribution is 2.29. The van der Waals surface area contributed by atoms with Crippen LogP contribution < -0.4 is 0 Å². The molecule has 0 aromatic heterocycles. The summed E-state index contributed by atoms with van der Waals surface area (Å²) in [4.78, 5) is 2.76. The van der Waals surface area contributed by atoms with Crippen molar-refractivity contribution in [2.45, 2.75) is 36.0 Å². The molecular formula is C28H33FN2O2S. The third-order valence-electron chi connectivity index (χ3n) is 6.92. The number of piperidine rings is 1. The van der Waals surface area contributed by atoms with Crippen LogP contribution in [0.5, 0.6) is 0 Å². The number of sulfonamides is 1. The molecule has 0 unspecified atom stereocenters. The fourth-order valence-electron chi connectivity index (χ4n) is 4.83. The van der Waals surface area contributed by atoms with Gasteiger partial charge in [-0.25, -0.2) is 17.1 Å². The molecule has 0 N–H and O–H groups in total. The fourth-order valence-corrected chi connectivity index (χ4v) is 6.07. The van der Waals surface area contributed by atoms with Crippen LogP contribution in [0.2, 0.25) is 0 Å². The van der Waals surface area contributed by atoms with Crippen molar-refractivity contribution in [3.63, 3.8) is 0 Å². The van der Waals surface area contributed by atoms with Crippen molar-refractivity contribution in [3.05, 3.63) is 102 Å². The van der Waals surface area contributed by atoms with E-state index in [-0.39, 0.29) is 11.7 Å². The van der Waals surface area contributed by atoms with Crippen LogP contribution in [0, 0.1) is 5.82 Å². The first-order chi connectivity index (χ1) is 16.4. The van der Waals surface area contributed by atoms with Gasteiger partial charge in [0.1, 0.15) is 5.82 Å². The molecule has 0 bridgehead atoms. The molecule has 0 spiro atoms. The second kappa shape index (κ2) is 11.3. The summed E-state index contributed by atoms with van der Waals surface area (Å²) in [6, 6.07) is 25.7. The second-order valence-corrected chi connectivity index (χ2v) is 11.2. The predicted octanol–water partition coefficient (Wildman–Crippen LogP) is 5.50. The second-order valence-electron chi connectivity index (χ2n) is 9.16. The lowest BCUT2D eigenvalue weighted by atomic mass is 9.89. The lowest BCUT2D eigenvalue weighted by molar-refractivity contribution is 0.203. The van der Waals surface area contributed by atoms with Gasteiger partial charge in [0.2, 0.25) is 10.0 Å². The highest BCUT2D eigenvalue weighted by molar-refractivity contribution is 7.89. The number of benzene rings is 3. The van der Waals surface area contributed by atoms with E-state index in [0.717, 1.165) is 44.5 Å². The third kappa shape index (κ3) is 6.12. The molecule has 4 nitrogen and oxygen atoms in total. The summed E-state index contributed by atoms with van der Waals surface area (Å²) in [5.74, 6) is 0.305. The maximum atomic E-state index is 13.6. The van der Waals surface area contributed by atoms with Gasteiger partial charge in [0.05, 0.1) is 4.90 Å². The molecule has 1 heterocycles. The van der Waals surface area contributed by atoms with Crippen LogP contribution in [0.4, 0.5) is 4.39 Å². The molecule has 34 heavy (non-hydrogen) atoms. The first kappa shape index (κ1) is 24.6. The maximum Gasteiger partial charge on any atom is 0.242 e. The van der Waals surface area contributed by atoms with Crippen LogP contribution in [0.25, 0.3) is 0 Å². The molecule has 1 aliphatic heterocycles. The van der Waals surface area contributed by atoms with Gasteiger partial charge in [0.25, 0.3) is 0 Å². The van der Waals surface area contributed by atoms with Crippen LogP contribution in [0.3, 0.4) is 0 Å². The Morgan fingerprint density at radius 1 is 0.912 bits per heavy atom. The van der Waals surface area contributed by atoms with Gasteiger partial charge in [-0.3, -0.25) is 0 Å². The number of nitrogens with zero attached hydrogens (tertiary/aromatic N) is 2. The van der Waals surface area contributed by atoms with E-state index >= 15 is 0 Å². The van der Waals surface area contributed by atoms with Gasteiger partial charge < -0.3 is 4.90 Å². The highest BCUT2D eigenvalue weighted by Gasteiger charge is 2.26. The molecule has 0 amide bonds. The molecular weight excluding hydrogens is 447 g/mol. The number of likely N-dealkylation sites (tertiary alicyclic amines) is 1. The summed E-state index contributed by atoms with van der Waals surface area (Å²) in [7, 11) is -1.96. The molecule has 1 fully saturated rings. The van der Waals surface area contributed by atoms with Gasteiger partial charge in [0, 0.05) is 13.6 Å². The molecule has 180 valence electrons. The van der Waals surface area contributed by atoms with Gasteiger partial charge in [-0.05, 0) is 86.1 Å². The van der Waals surface area contributed by atoms with Crippen molar-refractivity contribution in [3.8, 4) is 0 Å². The summed E-state index contributed by atoms with van der Waals surface area (Å²) in [5.41, 5.74) is 2.38. The maximum absolute atomic E-state index is 13.6. The van der Waals surface area contributed by atoms with Crippen molar-refractivity contribution in [2.75, 3.05) is 33.2 Å². The Balaban J connectivity index is 1.41. The molecule has 0 radical (unpaired) electrons. The summed E-state index contributed by atoms with van der Waals surface area (Å²) < 4.78 is 41.2. The Morgan fingerprint density at radius 2 is 1.50 bits per heavy atom. The summed E-state index contributed by atoms with van der Waals surface area (Å²) in [6.45, 7) is 3.31. The van der Waals surface area contributed by atoms with E-state index in [4.69, 9.17) is 0 Å². The molecule has 6 heteroatoms. The molecule has 4 rings (SSSR count). The normalized spacial score (nSPS) is 16.6. The van der Waals surface area contributed by atoms with E-state index in [1.165, 1.54) is 22.0 Å². The minimum absolute atomic E-state index is 0.0177. The van der Waals surface area contributed by atoms with E-state index in [2.05, 4.69) is 35.2 Å². The first-order valence-electron chi connectivity index (χ1n) is 12.0. The van der Waals surface area contributed by atoms with Crippen molar-refractivity contribution >= 4 is 10.0 Å². The molecule has 3 aromatic rings. The quantitative estimate of drug-likeness (QED) is 0.406. The number of hydrogen-bond acceptors (Lipinski definition) is 3. The van der Waals surface area contributed by atoms with Crippen LogP contribution >= 0.6 is 0 Å². The number of halogens is 1. The SMILES string of the molecule is CN(C[C@@H](CCN1CCC(c2ccccc2)CC1)c1ccc(F)cc1)S(=O)(=O)c1ccccc1. The van der Waals surface area contributed by atoms with Crippen LogP contribution in [-0.2, 0) is 10.0 Å². The Bertz CT molecular complexity index is 1130. The van der Waals surface area contributed by atoms with E-state index in [0.29, 0.717) is 17.4 Å². The van der Waals surface area contributed by atoms with Crippen molar-refractivity contribution in [1.29, 1.82) is 0 Å². The topological polar surface area (TPSA) is 40.6 Å². The average molecular weight is 481 g/mol. The zero-order chi connectivity index (χ0) is 24.0. The Labute approximate surface area is 203 Å². The van der Waals surface area contributed by atoms with Gasteiger partial charge in [0.15, 0.2) is 0 Å². The highest BCUT2D eigenvalue weighted by atomic mass is 32.2. The molecule has 0 saturated carbocycles. The molecule has 1 atom stereocenters. The van der Waals surface area contributed by atoms with Crippen molar-refractivity contribution in [1.82, 2.24) is 9.21 Å². The standard InChI is InChI=1S/C28H33FN2O2S/c1-30(34(32,33)28-10-6-3-7-11-28)22-26(24-12-14-27(29)15-13-24)18-21-31-19-16-25(17-20-31)23-8-4-2-5-9-23/h2-15,25-26H,16-22H2,1H3/t26-/m1/s1. The van der Waals surface area contributed by atoms with Gasteiger partial charge in [-0.2, -0.15) is 0 Å². The summed E-state index contributed by atoms with van der Waals surface area (Å²) in [5, 5.41) is 0. The number of hydrogen-bond donors (Lipinski definition) is 0. The predicted molar refractivity (Wildman–Crippen MR) is 135 cm³/mol. The van der Waals surface area contributed by atoms with Crippen LogP contribution in [-0.4, -0.2) is 50.8 Å². The van der Waals surface area contributed by atoms with E-state index in [9.17, 15) is 12.8 Å². The fraction of sp³-hybridized carbons (Fsp3) is 0.357. The van der Waals surface area contributed by atoms with Crippen LogP contribution in [0.15, 0.2) is 89.8 Å². The first-order valence-corrected chi connectivity index (χ1v) is 13.4. The molecule has 0 aliphatic carbocycles. The molecule has 3 aromatic carbocycles. The Morgan fingerprint density at radius 3 is 2.12 bits per heavy atom. The molecule has 1 aliphatic rings. The third-order valence-corrected chi connectivity index (χ3v) is 8.76. The van der Waals surface area contributed by atoms with E-state index in [1.54, 1.807) is 49.5 Å². The zero-order valence-corrected chi connectivity index (χ0v) is 20.5.